The van der Waals surface area contributed by atoms with Crippen LogP contribution in [0.25, 0.3) is 33.1 Å². The number of rotatable bonds is 4. The number of aromatic nitrogens is 4. The molecule has 0 saturated carbocycles. The fraction of sp³-hybridized carbons (Fsp3) is 0.217. The smallest absolute Gasteiger partial charge is 0.246 e. The predicted molar refractivity (Wildman–Crippen MR) is 119 cm³/mol. The minimum absolute atomic E-state index is 0.0555. The van der Waals surface area contributed by atoms with Gasteiger partial charge in [0.25, 0.3) is 0 Å². The standard InChI is InChI=1S/C23H22N6O2/c1-2-20(31)28-10-16(8-17(28)12-30)29-11-18(21-22(24)26-13-27-23(21)29)15-7-14-5-3-4-6-19(14)25-9-15/h2-7,9,11,13,16-17,30H,1,8,10,12H2,(H2,24,26,27)/t16-,17+/m1/s1. The number of likely N-dealkylation sites (tertiary alicyclic amines) is 1. The average molecular weight is 414 g/mol. The summed E-state index contributed by atoms with van der Waals surface area (Å²) >= 11 is 0. The van der Waals surface area contributed by atoms with E-state index in [0.29, 0.717) is 24.4 Å². The lowest BCUT2D eigenvalue weighted by molar-refractivity contribution is -0.127. The largest absolute Gasteiger partial charge is 0.394 e. The summed E-state index contributed by atoms with van der Waals surface area (Å²) in [5, 5.41) is 11.6. The summed E-state index contributed by atoms with van der Waals surface area (Å²) in [4.78, 5) is 27.2. The van der Waals surface area contributed by atoms with Gasteiger partial charge >= 0.3 is 0 Å². The van der Waals surface area contributed by atoms with Crippen LogP contribution in [-0.4, -0.2) is 54.6 Å². The van der Waals surface area contributed by atoms with E-state index in [4.69, 9.17) is 5.73 Å². The van der Waals surface area contributed by atoms with E-state index in [-0.39, 0.29) is 24.6 Å². The summed E-state index contributed by atoms with van der Waals surface area (Å²) in [7, 11) is 0. The van der Waals surface area contributed by atoms with Crippen molar-refractivity contribution in [2.75, 3.05) is 18.9 Å². The van der Waals surface area contributed by atoms with Gasteiger partial charge in [-0.2, -0.15) is 0 Å². The second-order valence-corrected chi connectivity index (χ2v) is 7.74. The Kier molecular flexibility index (Phi) is 4.63. The van der Waals surface area contributed by atoms with Crippen LogP contribution in [0.1, 0.15) is 12.5 Å². The van der Waals surface area contributed by atoms with Crippen LogP contribution in [0.2, 0.25) is 0 Å². The molecule has 8 nitrogen and oxygen atoms in total. The molecule has 0 aliphatic carbocycles. The van der Waals surface area contributed by atoms with Crippen molar-refractivity contribution >= 4 is 33.7 Å². The molecule has 3 N–H and O–H groups in total. The molecule has 0 unspecified atom stereocenters. The number of carbonyl (C=O) groups is 1. The molecule has 0 spiro atoms. The number of nitrogens with zero attached hydrogens (tertiary/aromatic N) is 5. The number of benzene rings is 1. The molecule has 4 aromatic rings. The maximum absolute atomic E-state index is 12.3. The van der Waals surface area contributed by atoms with Gasteiger partial charge in [0.05, 0.1) is 29.6 Å². The first kappa shape index (κ1) is 19.2. The summed E-state index contributed by atoms with van der Waals surface area (Å²) in [5.41, 5.74) is 9.69. The van der Waals surface area contributed by atoms with E-state index in [2.05, 4.69) is 27.6 Å². The van der Waals surface area contributed by atoms with Gasteiger partial charge in [0.2, 0.25) is 5.91 Å². The summed E-state index contributed by atoms with van der Waals surface area (Å²) in [5.74, 6) is 0.203. The molecular formula is C23H22N6O2. The lowest BCUT2D eigenvalue weighted by atomic mass is 10.1. The highest BCUT2D eigenvalue weighted by Gasteiger charge is 2.36. The molecule has 1 amide bonds. The van der Waals surface area contributed by atoms with Crippen LogP contribution in [0.15, 0.2) is 61.7 Å². The minimum atomic E-state index is -0.266. The molecule has 5 rings (SSSR count). The zero-order chi connectivity index (χ0) is 21.5. The maximum atomic E-state index is 12.3. The predicted octanol–water partition coefficient (Wildman–Crippen LogP) is 2.55. The second-order valence-electron chi connectivity index (χ2n) is 7.74. The number of amides is 1. The number of nitrogen functional groups attached to an aromatic ring is 1. The SMILES string of the molecule is C=CC(=O)N1C[C@H](n2cc(-c3cnc4ccccc4c3)c3c(N)ncnc32)C[C@H]1CO. The van der Waals surface area contributed by atoms with E-state index < -0.39 is 0 Å². The van der Waals surface area contributed by atoms with Gasteiger partial charge in [-0.1, -0.05) is 24.8 Å². The van der Waals surface area contributed by atoms with Crippen LogP contribution in [-0.2, 0) is 4.79 Å². The Morgan fingerprint density at radius 2 is 2.13 bits per heavy atom. The second kappa shape index (κ2) is 7.48. The number of nitrogens with two attached hydrogens (primary N) is 1. The van der Waals surface area contributed by atoms with Gasteiger partial charge in [-0.3, -0.25) is 9.78 Å². The summed E-state index contributed by atoms with van der Waals surface area (Å²) in [6.45, 7) is 3.93. The number of aliphatic hydroxyl groups excluding tert-OH is 1. The molecule has 31 heavy (non-hydrogen) atoms. The number of anilines is 1. The third-order valence-corrected chi connectivity index (χ3v) is 5.99. The van der Waals surface area contributed by atoms with Crippen molar-refractivity contribution in [3.63, 3.8) is 0 Å². The number of pyridine rings is 1. The molecule has 1 aromatic carbocycles. The Morgan fingerprint density at radius 1 is 1.29 bits per heavy atom. The molecule has 1 saturated heterocycles. The number of para-hydroxylation sites is 1. The third kappa shape index (κ3) is 3.12. The highest BCUT2D eigenvalue weighted by molar-refractivity contribution is 6.01. The van der Waals surface area contributed by atoms with Crippen LogP contribution in [0.5, 0.6) is 0 Å². The molecule has 1 aliphatic rings. The van der Waals surface area contributed by atoms with Gasteiger partial charge in [-0.25, -0.2) is 9.97 Å². The van der Waals surface area contributed by atoms with Crippen molar-refractivity contribution in [1.82, 2.24) is 24.4 Å². The van der Waals surface area contributed by atoms with Gasteiger partial charge in [-0.15, -0.1) is 0 Å². The van der Waals surface area contributed by atoms with Crippen LogP contribution in [0.3, 0.4) is 0 Å². The van der Waals surface area contributed by atoms with Crippen molar-refractivity contribution < 1.29 is 9.90 Å². The van der Waals surface area contributed by atoms with Gasteiger partial charge in [-0.05, 0) is 24.6 Å². The average Bonchev–Trinajstić information content (AvgIpc) is 3.40. The van der Waals surface area contributed by atoms with Gasteiger partial charge in [0.15, 0.2) is 0 Å². The number of carbonyl (C=O) groups excluding carboxylic acids is 1. The fourth-order valence-electron chi connectivity index (χ4n) is 4.48. The first-order chi connectivity index (χ1) is 15.1. The van der Waals surface area contributed by atoms with E-state index in [9.17, 15) is 9.90 Å². The molecule has 0 bridgehead atoms. The Bertz CT molecular complexity index is 1310. The zero-order valence-electron chi connectivity index (χ0n) is 16.8. The van der Waals surface area contributed by atoms with E-state index in [1.54, 1.807) is 4.90 Å². The highest BCUT2D eigenvalue weighted by Crippen LogP contribution is 2.38. The summed E-state index contributed by atoms with van der Waals surface area (Å²) < 4.78 is 2.04. The first-order valence-corrected chi connectivity index (χ1v) is 10.1. The van der Waals surface area contributed by atoms with Crippen molar-refractivity contribution in [2.45, 2.75) is 18.5 Å². The Balaban J connectivity index is 1.65. The van der Waals surface area contributed by atoms with Crippen molar-refractivity contribution in [3.05, 3.63) is 61.7 Å². The molecule has 1 fully saturated rings. The Labute approximate surface area is 178 Å². The molecule has 0 radical (unpaired) electrons. The quantitative estimate of drug-likeness (QED) is 0.497. The van der Waals surface area contributed by atoms with E-state index in [1.807, 2.05) is 41.2 Å². The Morgan fingerprint density at radius 3 is 2.94 bits per heavy atom. The monoisotopic (exact) mass is 414 g/mol. The number of aliphatic hydroxyl groups is 1. The van der Waals surface area contributed by atoms with Crippen molar-refractivity contribution in [2.24, 2.45) is 0 Å². The lowest BCUT2D eigenvalue weighted by Crippen LogP contribution is -2.36. The minimum Gasteiger partial charge on any atom is -0.394 e. The van der Waals surface area contributed by atoms with Crippen molar-refractivity contribution in [1.29, 1.82) is 0 Å². The van der Waals surface area contributed by atoms with Crippen molar-refractivity contribution in [3.8, 4) is 11.1 Å². The maximum Gasteiger partial charge on any atom is 0.246 e. The highest BCUT2D eigenvalue weighted by atomic mass is 16.3. The normalized spacial score (nSPS) is 18.7. The molecule has 3 aromatic heterocycles. The van der Waals surface area contributed by atoms with E-state index in [1.165, 1.54) is 12.4 Å². The molecule has 2 atom stereocenters. The summed E-state index contributed by atoms with van der Waals surface area (Å²) in [6, 6.07) is 9.68. The number of fused-ring (bicyclic) bond motifs is 2. The van der Waals surface area contributed by atoms with Gasteiger partial charge < -0.3 is 20.3 Å². The number of hydrogen-bond acceptors (Lipinski definition) is 6. The molecule has 4 heterocycles. The van der Waals surface area contributed by atoms with Crippen LogP contribution in [0, 0.1) is 0 Å². The number of hydrogen-bond donors (Lipinski definition) is 2. The van der Waals surface area contributed by atoms with Gasteiger partial charge in [0.1, 0.15) is 17.8 Å². The fourth-order valence-corrected chi connectivity index (χ4v) is 4.48. The Hall–Kier alpha value is -3.78. The van der Waals surface area contributed by atoms with Crippen LogP contribution >= 0.6 is 0 Å². The topological polar surface area (TPSA) is 110 Å². The molecule has 156 valence electrons. The third-order valence-electron chi connectivity index (χ3n) is 5.99. The summed E-state index contributed by atoms with van der Waals surface area (Å²) in [6.07, 6.45) is 7.17. The zero-order valence-corrected chi connectivity index (χ0v) is 16.8. The molecular weight excluding hydrogens is 392 g/mol. The van der Waals surface area contributed by atoms with E-state index >= 15 is 0 Å². The molecule has 1 aliphatic heterocycles. The van der Waals surface area contributed by atoms with E-state index in [0.717, 1.165) is 27.4 Å². The van der Waals surface area contributed by atoms with Crippen LogP contribution in [0.4, 0.5) is 5.82 Å². The first-order valence-electron chi connectivity index (χ1n) is 10.1. The molecule has 8 heteroatoms. The van der Waals surface area contributed by atoms with Gasteiger partial charge in [0, 0.05) is 35.5 Å². The van der Waals surface area contributed by atoms with Crippen LogP contribution < -0.4 is 5.73 Å². The lowest BCUT2D eigenvalue weighted by Gasteiger charge is -2.20.